The van der Waals surface area contributed by atoms with E-state index in [1.165, 1.54) is 28.0 Å². The Kier molecular flexibility index (Phi) is 7.60. The molecule has 9 heteroatoms. The van der Waals surface area contributed by atoms with E-state index in [1.54, 1.807) is 26.8 Å². The van der Waals surface area contributed by atoms with E-state index in [2.05, 4.69) is 11.7 Å². The molecule has 1 aromatic rings. The molecule has 30 heavy (non-hydrogen) atoms. The summed E-state index contributed by atoms with van der Waals surface area (Å²) in [6.45, 7) is 7.30. The summed E-state index contributed by atoms with van der Waals surface area (Å²) in [6.07, 6.45) is -1.89. The van der Waals surface area contributed by atoms with Crippen molar-refractivity contribution in [2.75, 3.05) is 18.0 Å². The molecule has 0 saturated carbocycles. The normalized spacial score (nSPS) is 17.8. The van der Waals surface area contributed by atoms with Crippen molar-refractivity contribution >= 4 is 17.7 Å². The Morgan fingerprint density at radius 1 is 1.20 bits per heavy atom. The lowest BCUT2D eigenvalue weighted by Crippen LogP contribution is -2.58. The Morgan fingerprint density at radius 3 is 2.50 bits per heavy atom. The Morgan fingerprint density at radius 2 is 1.90 bits per heavy atom. The van der Waals surface area contributed by atoms with Gasteiger partial charge in [-0.15, -0.1) is 13.2 Å². The Balaban J connectivity index is 2.22. The maximum atomic E-state index is 12.8. The summed E-state index contributed by atoms with van der Waals surface area (Å²) < 4.78 is 47.0. The number of carbonyl (C=O) groups excluding carboxylic acids is 2. The van der Waals surface area contributed by atoms with Gasteiger partial charge in [-0.25, -0.2) is 4.79 Å². The SMILES string of the molecule is CCCCC[C@H]1CN(c2cccc(OC(F)(F)F)c2)C(=O)CN1C(=O)OC(C)(C)C. The van der Waals surface area contributed by atoms with Crippen LogP contribution in [-0.2, 0) is 9.53 Å². The number of anilines is 1. The molecule has 1 aliphatic rings. The summed E-state index contributed by atoms with van der Waals surface area (Å²) >= 11 is 0. The average molecular weight is 430 g/mol. The van der Waals surface area contributed by atoms with Crippen LogP contribution < -0.4 is 9.64 Å². The van der Waals surface area contributed by atoms with Gasteiger partial charge in [0.15, 0.2) is 0 Å². The third-order valence-corrected chi connectivity index (χ3v) is 4.57. The minimum Gasteiger partial charge on any atom is -0.444 e. The van der Waals surface area contributed by atoms with Crippen LogP contribution in [0.15, 0.2) is 24.3 Å². The molecule has 1 saturated heterocycles. The first kappa shape index (κ1) is 23.8. The molecule has 168 valence electrons. The van der Waals surface area contributed by atoms with Crippen molar-refractivity contribution in [1.82, 2.24) is 4.90 Å². The molecule has 1 heterocycles. The number of piperazine rings is 1. The molecule has 6 nitrogen and oxygen atoms in total. The molecule has 0 radical (unpaired) electrons. The van der Waals surface area contributed by atoms with Crippen LogP contribution >= 0.6 is 0 Å². The van der Waals surface area contributed by atoms with Crippen LogP contribution in [0.2, 0.25) is 0 Å². The van der Waals surface area contributed by atoms with E-state index >= 15 is 0 Å². The van der Waals surface area contributed by atoms with Crippen LogP contribution in [0.5, 0.6) is 5.75 Å². The number of ether oxygens (including phenoxy) is 2. The van der Waals surface area contributed by atoms with Gasteiger partial charge in [-0.3, -0.25) is 9.69 Å². The van der Waals surface area contributed by atoms with E-state index < -0.39 is 29.7 Å². The number of carbonyl (C=O) groups is 2. The quantitative estimate of drug-likeness (QED) is 0.588. The number of rotatable bonds is 6. The van der Waals surface area contributed by atoms with Gasteiger partial charge in [-0.1, -0.05) is 32.3 Å². The van der Waals surface area contributed by atoms with Crippen molar-refractivity contribution in [3.63, 3.8) is 0 Å². The van der Waals surface area contributed by atoms with Crippen LogP contribution in [0.3, 0.4) is 0 Å². The maximum Gasteiger partial charge on any atom is 0.573 e. The second kappa shape index (κ2) is 9.57. The van der Waals surface area contributed by atoms with Gasteiger partial charge in [-0.05, 0) is 39.3 Å². The van der Waals surface area contributed by atoms with Crippen LogP contribution in [-0.4, -0.2) is 48.0 Å². The fourth-order valence-electron chi connectivity index (χ4n) is 3.28. The monoisotopic (exact) mass is 430 g/mol. The first-order chi connectivity index (χ1) is 13.9. The lowest BCUT2D eigenvalue weighted by molar-refractivity contribution is -0.274. The molecule has 0 N–H and O–H groups in total. The number of nitrogens with zero attached hydrogens (tertiary/aromatic N) is 2. The zero-order valence-electron chi connectivity index (χ0n) is 17.8. The van der Waals surface area contributed by atoms with Crippen molar-refractivity contribution in [2.24, 2.45) is 0 Å². The number of alkyl halides is 3. The minimum atomic E-state index is -4.82. The highest BCUT2D eigenvalue weighted by atomic mass is 19.4. The number of hydrogen-bond donors (Lipinski definition) is 0. The minimum absolute atomic E-state index is 0.178. The Labute approximate surface area is 174 Å². The molecule has 0 bridgehead atoms. The van der Waals surface area contributed by atoms with Crippen LogP contribution in [0, 0.1) is 0 Å². The fourth-order valence-corrected chi connectivity index (χ4v) is 3.28. The first-order valence-corrected chi connectivity index (χ1v) is 10.1. The maximum absolute atomic E-state index is 12.8. The molecule has 1 fully saturated rings. The zero-order chi connectivity index (χ0) is 22.5. The highest BCUT2D eigenvalue weighted by Gasteiger charge is 2.38. The van der Waals surface area contributed by atoms with E-state index in [-0.39, 0.29) is 19.1 Å². The Hall–Kier alpha value is -2.45. The van der Waals surface area contributed by atoms with Crippen molar-refractivity contribution < 1.29 is 32.2 Å². The van der Waals surface area contributed by atoms with Gasteiger partial charge >= 0.3 is 12.5 Å². The average Bonchev–Trinajstić information content (AvgIpc) is 2.60. The molecule has 0 aliphatic carbocycles. The molecule has 0 unspecified atom stereocenters. The summed E-state index contributed by atoms with van der Waals surface area (Å²) in [6, 6.07) is 5.01. The van der Waals surface area contributed by atoms with E-state index in [0.29, 0.717) is 12.1 Å². The zero-order valence-corrected chi connectivity index (χ0v) is 17.8. The highest BCUT2D eigenvalue weighted by molar-refractivity contribution is 5.97. The number of benzene rings is 1. The number of amides is 2. The van der Waals surface area contributed by atoms with Gasteiger partial charge in [-0.2, -0.15) is 0 Å². The smallest absolute Gasteiger partial charge is 0.444 e. The number of hydrogen-bond acceptors (Lipinski definition) is 4. The predicted octanol–water partition coefficient (Wildman–Crippen LogP) is 5.12. The second-order valence-corrected chi connectivity index (χ2v) is 8.31. The van der Waals surface area contributed by atoms with Gasteiger partial charge < -0.3 is 14.4 Å². The molecule has 0 spiro atoms. The molecule has 2 rings (SSSR count). The number of unbranched alkanes of at least 4 members (excludes halogenated alkanes) is 2. The van der Waals surface area contributed by atoms with Crippen LogP contribution in [0.25, 0.3) is 0 Å². The highest BCUT2D eigenvalue weighted by Crippen LogP contribution is 2.29. The summed E-state index contributed by atoms with van der Waals surface area (Å²) in [5, 5.41) is 0. The van der Waals surface area contributed by atoms with Crippen molar-refractivity contribution in [1.29, 1.82) is 0 Å². The summed E-state index contributed by atoms with van der Waals surface area (Å²) in [5.41, 5.74) is -0.403. The van der Waals surface area contributed by atoms with Gasteiger partial charge in [0, 0.05) is 18.3 Å². The van der Waals surface area contributed by atoms with Gasteiger partial charge in [0.25, 0.3) is 0 Å². The lowest BCUT2D eigenvalue weighted by atomic mass is 10.0. The largest absolute Gasteiger partial charge is 0.573 e. The van der Waals surface area contributed by atoms with Gasteiger partial charge in [0.2, 0.25) is 5.91 Å². The topological polar surface area (TPSA) is 59.1 Å². The van der Waals surface area contributed by atoms with Crippen LogP contribution in [0.4, 0.5) is 23.7 Å². The fraction of sp³-hybridized carbons (Fsp3) is 0.619. The second-order valence-electron chi connectivity index (χ2n) is 8.31. The molecule has 0 aromatic heterocycles. The van der Waals surface area contributed by atoms with E-state index in [0.717, 1.165) is 19.3 Å². The number of halogens is 3. The molecular formula is C21H29F3N2O4. The molecule has 1 atom stereocenters. The predicted molar refractivity (Wildman–Crippen MR) is 106 cm³/mol. The van der Waals surface area contributed by atoms with Crippen molar-refractivity contribution in [3.8, 4) is 5.75 Å². The van der Waals surface area contributed by atoms with Crippen molar-refractivity contribution in [3.05, 3.63) is 24.3 Å². The molecular weight excluding hydrogens is 401 g/mol. The molecule has 1 aromatic carbocycles. The van der Waals surface area contributed by atoms with E-state index in [1.807, 2.05) is 0 Å². The molecule has 1 aliphatic heterocycles. The summed E-state index contributed by atoms with van der Waals surface area (Å²) in [4.78, 5) is 28.2. The first-order valence-electron chi connectivity index (χ1n) is 10.1. The van der Waals surface area contributed by atoms with Gasteiger partial charge in [0.05, 0.1) is 6.04 Å². The van der Waals surface area contributed by atoms with Gasteiger partial charge in [0.1, 0.15) is 17.9 Å². The van der Waals surface area contributed by atoms with E-state index in [4.69, 9.17) is 4.74 Å². The Bertz CT molecular complexity index is 747. The standard InChI is InChI=1S/C21H29F3N2O4/c1-5-6-7-9-16-13-25(15-10-8-11-17(12-15)29-21(22,23)24)18(27)14-26(16)19(28)30-20(2,3)4/h8,10-12,16H,5-7,9,13-14H2,1-4H3/t16-/m0/s1. The summed E-state index contributed by atoms with van der Waals surface area (Å²) in [5.74, 6) is -0.790. The van der Waals surface area contributed by atoms with E-state index in [9.17, 15) is 22.8 Å². The lowest BCUT2D eigenvalue weighted by Gasteiger charge is -2.41. The van der Waals surface area contributed by atoms with Crippen molar-refractivity contribution in [2.45, 2.75) is 71.4 Å². The molecule has 2 amide bonds. The van der Waals surface area contributed by atoms with Crippen LogP contribution in [0.1, 0.15) is 53.4 Å². The summed E-state index contributed by atoms with van der Waals surface area (Å²) in [7, 11) is 0. The third-order valence-electron chi connectivity index (χ3n) is 4.57. The third kappa shape index (κ3) is 7.11.